The van der Waals surface area contributed by atoms with E-state index in [2.05, 4.69) is 0 Å². The van der Waals surface area contributed by atoms with Crippen molar-refractivity contribution in [2.24, 2.45) is 0 Å². The molecule has 0 unspecified atom stereocenters. The summed E-state index contributed by atoms with van der Waals surface area (Å²) in [4.78, 5) is 10.6. The van der Waals surface area contributed by atoms with Crippen molar-refractivity contribution >= 4 is 16.0 Å². The predicted molar refractivity (Wildman–Crippen MR) is 74.2 cm³/mol. The Morgan fingerprint density at radius 1 is 1.38 bits per heavy atom. The van der Waals surface area contributed by atoms with E-state index in [1.807, 2.05) is 0 Å². The van der Waals surface area contributed by atoms with Crippen LogP contribution in [0.4, 0.5) is 4.39 Å². The van der Waals surface area contributed by atoms with Gasteiger partial charge in [-0.15, -0.1) is 0 Å². The minimum Gasteiger partial charge on any atom is -0.478 e. The minimum absolute atomic E-state index is 0.149. The number of aliphatic hydroxyl groups is 1. The molecule has 0 fully saturated rings. The zero-order valence-corrected chi connectivity index (χ0v) is 12.8. The van der Waals surface area contributed by atoms with Crippen molar-refractivity contribution < 1.29 is 27.8 Å². The van der Waals surface area contributed by atoms with Gasteiger partial charge in [-0.1, -0.05) is 0 Å². The first-order chi connectivity index (χ1) is 9.62. The van der Waals surface area contributed by atoms with Crippen molar-refractivity contribution in [3.63, 3.8) is 0 Å². The van der Waals surface area contributed by atoms with Gasteiger partial charge >= 0.3 is 5.97 Å². The van der Waals surface area contributed by atoms with Crippen molar-refractivity contribution in [3.8, 4) is 0 Å². The summed E-state index contributed by atoms with van der Waals surface area (Å²) in [6.45, 7) is 3.95. The second kappa shape index (κ2) is 6.50. The predicted octanol–water partition coefficient (Wildman–Crippen LogP) is 1.22. The van der Waals surface area contributed by atoms with E-state index in [1.54, 1.807) is 13.8 Å². The van der Waals surface area contributed by atoms with Crippen LogP contribution in [0.3, 0.4) is 0 Å². The second-order valence-corrected chi connectivity index (χ2v) is 6.68. The van der Waals surface area contributed by atoms with Gasteiger partial charge in [-0.05, 0) is 32.9 Å². The van der Waals surface area contributed by atoms with Gasteiger partial charge in [0, 0.05) is 18.2 Å². The molecule has 0 aromatic heterocycles. The molecular weight excluding hydrogens is 301 g/mol. The van der Waals surface area contributed by atoms with Gasteiger partial charge in [-0.25, -0.2) is 17.6 Å². The first-order valence-corrected chi connectivity index (χ1v) is 7.73. The lowest BCUT2D eigenvalue weighted by molar-refractivity contribution is 0.0696. The molecule has 6 nitrogen and oxygen atoms in total. The number of aromatic carboxylic acids is 1. The molecule has 1 aromatic carbocycles. The SMILES string of the molecule is Cc1c(F)cc(C(=O)O)cc1S(=O)(=O)N(CCO)C(C)C. The maximum Gasteiger partial charge on any atom is 0.335 e. The Labute approximate surface area is 122 Å². The molecule has 0 aliphatic carbocycles. The highest BCUT2D eigenvalue weighted by Gasteiger charge is 2.30. The Morgan fingerprint density at radius 2 is 1.95 bits per heavy atom. The van der Waals surface area contributed by atoms with Gasteiger partial charge in [0.2, 0.25) is 10.0 Å². The lowest BCUT2D eigenvalue weighted by Crippen LogP contribution is -2.39. The van der Waals surface area contributed by atoms with Crippen LogP contribution in [-0.2, 0) is 10.0 Å². The third kappa shape index (κ3) is 3.58. The lowest BCUT2D eigenvalue weighted by atomic mass is 10.1. The molecule has 0 aliphatic rings. The van der Waals surface area contributed by atoms with E-state index in [-0.39, 0.29) is 12.1 Å². The average molecular weight is 319 g/mol. The fourth-order valence-corrected chi connectivity index (χ4v) is 3.82. The average Bonchev–Trinajstić information content (AvgIpc) is 2.37. The summed E-state index contributed by atoms with van der Waals surface area (Å²) in [6, 6.07) is 1.25. The maximum absolute atomic E-state index is 13.8. The molecule has 1 rings (SSSR count). The van der Waals surface area contributed by atoms with Crippen LogP contribution in [-0.4, -0.2) is 48.1 Å². The van der Waals surface area contributed by atoms with E-state index in [0.29, 0.717) is 0 Å². The van der Waals surface area contributed by atoms with Gasteiger partial charge < -0.3 is 10.2 Å². The van der Waals surface area contributed by atoms with E-state index in [1.165, 1.54) is 6.92 Å². The third-order valence-corrected chi connectivity index (χ3v) is 5.23. The summed E-state index contributed by atoms with van der Waals surface area (Å²) in [5.74, 6) is -2.32. The van der Waals surface area contributed by atoms with Gasteiger partial charge in [-0.3, -0.25) is 0 Å². The number of rotatable bonds is 6. The molecule has 1 aromatic rings. The van der Waals surface area contributed by atoms with E-state index in [9.17, 15) is 17.6 Å². The first-order valence-electron chi connectivity index (χ1n) is 6.29. The van der Waals surface area contributed by atoms with Crippen LogP contribution in [0.5, 0.6) is 0 Å². The summed E-state index contributed by atoms with van der Waals surface area (Å²) < 4.78 is 39.9. The van der Waals surface area contributed by atoms with E-state index in [4.69, 9.17) is 10.2 Å². The fourth-order valence-electron chi connectivity index (χ4n) is 1.93. The monoisotopic (exact) mass is 319 g/mol. The molecule has 0 atom stereocenters. The number of carboxylic acid groups (broad SMARTS) is 1. The number of carbonyl (C=O) groups is 1. The minimum atomic E-state index is -4.10. The number of hydrogen-bond acceptors (Lipinski definition) is 4. The molecule has 8 heteroatoms. The largest absolute Gasteiger partial charge is 0.478 e. The number of halogens is 1. The fraction of sp³-hybridized carbons (Fsp3) is 0.462. The first kappa shape index (κ1) is 17.5. The molecule has 21 heavy (non-hydrogen) atoms. The Kier molecular flexibility index (Phi) is 5.43. The van der Waals surface area contributed by atoms with Gasteiger partial charge in [0.05, 0.1) is 17.1 Å². The van der Waals surface area contributed by atoms with Crippen molar-refractivity contribution in [3.05, 3.63) is 29.1 Å². The maximum atomic E-state index is 13.8. The van der Waals surface area contributed by atoms with E-state index < -0.39 is 44.9 Å². The molecule has 0 saturated carbocycles. The number of carboxylic acids is 1. The van der Waals surface area contributed by atoms with E-state index in [0.717, 1.165) is 16.4 Å². The highest BCUT2D eigenvalue weighted by Crippen LogP contribution is 2.25. The van der Waals surface area contributed by atoms with Crippen LogP contribution in [0, 0.1) is 12.7 Å². The van der Waals surface area contributed by atoms with Crippen LogP contribution in [0.2, 0.25) is 0 Å². The molecule has 2 N–H and O–H groups in total. The van der Waals surface area contributed by atoms with Crippen LogP contribution in [0.15, 0.2) is 17.0 Å². The summed E-state index contributed by atoms with van der Waals surface area (Å²) in [5.41, 5.74) is -0.590. The van der Waals surface area contributed by atoms with Crippen LogP contribution in [0.1, 0.15) is 29.8 Å². The molecule has 0 spiro atoms. The Bertz CT molecular complexity index is 642. The van der Waals surface area contributed by atoms with Crippen molar-refractivity contribution in [1.29, 1.82) is 0 Å². The second-order valence-electron chi connectivity index (χ2n) is 4.82. The molecule has 118 valence electrons. The highest BCUT2D eigenvalue weighted by atomic mass is 32.2. The standard InChI is InChI=1S/C13H18FNO5S/c1-8(2)15(4-5-16)21(19,20)12-7-10(13(17)18)6-11(14)9(12)3/h6-8,16H,4-5H2,1-3H3,(H,17,18). The molecule has 0 amide bonds. The normalized spacial score (nSPS) is 12.1. The summed E-state index contributed by atoms with van der Waals surface area (Å²) >= 11 is 0. The Balaban J connectivity index is 3.53. The van der Waals surface area contributed by atoms with Gasteiger partial charge in [0.15, 0.2) is 0 Å². The van der Waals surface area contributed by atoms with Gasteiger partial charge in [0.25, 0.3) is 0 Å². The molecular formula is C13H18FNO5S. The summed E-state index contributed by atoms with van der Waals surface area (Å²) in [6.07, 6.45) is 0. The lowest BCUT2D eigenvalue weighted by Gasteiger charge is -2.26. The number of aliphatic hydroxyl groups excluding tert-OH is 1. The number of sulfonamides is 1. The highest BCUT2D eigenvalue weighted by molar-refractivity contribution is 7.89. The van der Waals surface area contributed by atoms with Crippen LogP contribution < -0.4 is 0 Å². The quantitative estimate of drug-likeness (QED) is 0.822. The van der Waals surface area contributed by atoms with Crippen LogP contribution in [0.25, 0.3) is 0 Å². The van der Waals surface area contributed by atoms with Gasteiger partial charge in [-0.2, -0.15) is 4.31 Å². The zero-order valence-electron chi connectivity index (χ0n) is 12.0. The molecule has 0 heterocycles. The summed E-state index contributed by atoms with van der Waals surface area (Å²) in [7, 11) is -4.10. The topological polar surface area (TPSA) is 94.9 Å². The number of benzene rings is 1. The third-order valence-electron chi connectivity index (χ3n) is 3.03. The molecule has 0 saturated heterocycles. The van der Waals surface area contributed by atoms with Gasteiger partial charge in [0.1, 0.15) is 5.82 Å². The molecule has 0 bridgehead atoms. The zero-order chi connectivity index (χ0) is 16.4. The summed E-state index contributed by atoms with van der Waals surface area (Å²) in [5, 5.41) is 17.9. The van der Waals surface area contributed by atoms with Crippen molar-refractivity contribution in [2.45, 2.75) is 31.7 Å². The number of nitrogens with zero attached hydrogens (tertiary/aromatic N) is 1. The van der Waals surface area contributed by atoms with Crippen LogP contribution >= 0.6 is 0 Å². The Hall–Kier alpha value is -1.51. The molecule has 0 aliphatic heterocycles. The Morgan fingerprint density at radius 3 is 2.38 bits per heavy atom. The number of hydrogen-bond donors (Lipinski definition) is 2. The molecule has 0 radical (unpaired) electrons. The van der Waals surface area contributed by atoms with Crippen molar-refractivity contribution in [1.82, 2.24) is 4.31 Å². The van der Waals surface area contributed by atoms with E-state index >= 15 is 0 Å². The smallest absolute Gasteiger partial charge is 0.335 e. The van der Waals surface area contributed by atoms with Crippen molar-refractivity contribution in [2.75, 3.05) is 13.2 Å².